The van der Waals surface area contributed by atoms with Gasteiger partial charge in [-0.2, -0.15) is 0 Å². The molecule has 0 rings (SSSR count). The first-order valence-electron chi connectivity index (χ1n) is 1.07. The molecule has 0 aromatic rings. The molecule has 0 bridgehead atoms. The van der Waals surface area contributed by atoms with Crippen molar-refractivity contribution in [3.05, 3.63) is 0 Å². The van der Waals surface area contributed by atoms with Crippen LogP contribution in [0, 0.1) is 0 Å². The maximum atomic E-state index is 2.57. The average Bonchev–Trinajstić information content (AvgIpc) is 0.722. The topological polar surface area (TPSA) is 0 Å². The van der Waals surface area contributed by atoms with E-state index in [1.165, 1.54) is 0 Å². The zero-order valence-electron chi connectivity index (χ0n) is 4.22. The predicted molar refractivity (Wildman–Crippen MR) is 56.1 cm³/mol. The molecule has 0 aliphatic rings. The first-order valence-corrected chi connectivity index (χ1v) is 62.9. The van der Waals surface area contributed by atoms with E-state index in [9.17, 15) is 0 Å². The largest absolute Gasteiger partial charge is 1.00 e. The van der Waals surface area contributed by atoms with Gasteiger partial charge in [0.1, 0.15) is 0 Å². The molecular weight excluding hydrogens is 754 g/mol. The summed E-state index contributed by atoms with van der Waals surface area (Å²) in [6, 6.07) is 0. The Balaban J connectivity index is -0.0000000800. The van der Waals surface area contributed by atoms with Gasteiger partial charge in [-0.15, -0.1) is 0 Å². The first kappa shape index (κ1) is 18.6. The van der Waals surface area contributed by atoms with Gasteiger partial charge in [-0.1, -0.05) is 0 Å². The Morgan fingerprint density at radius 2 is 0.714 bits per heavy atom. The van der Waals surface area contributed by atoms with Crippen molar-refractivity contribution in [2.75, 3.05) is 0 Å². The van der Waals surface area contributed by atoms with Gasteiger partial charge in [0.15, 0.2) is 0 Å². The number of rotatable bonds is 0. The quantitative estimate of drug-likeness (QED) is 0.191. The van der Waals surface area contributed by atoms with E-state index in [1.54, 1.807) is 0 Å². The van der Waals surface area contributed by atoms with Crippen LogP contribution in [0.25, 0.3) is 0 Å². The van der Waals surface area contributed by atoms with Crippen LogP contribution in [-0.4, -0.2) is 0 Å². The number of halogens is 4. The molecular formula is HgI4Na2. The summed E-state index contributed by atoms with van der Waals surface area (Å²) in [5.41, 5.74) is 0. The summed E-state index contributed by atoms with van der Waals surface area (Å²) in [5, 5.41) is 0. The summed E-state index contributed by atoms with van der Waals surface area (Å²) in [4.78, 5) is 0. The van der Waals surface area contributed by atoms with Crippen molar-refractivity contribution < 1.29 is 63.3 Å². The summed E-state index contributed by atoms with van der Waals surface area (Å²) in [6.07, 6.45) is 0. The maximum absolute atomic E-state index is 2.57. The molecule has 0 nitrogen and oxygen atoms in total. The normalized spacial score (nSPS) is 8.57. The van der Waals surface area contributed by atoms with Gasteiger partial charge < -0.3 is 0 Å². The molecule has 0 atom stereocenters. The van der Waals surface area contributed by atoms with Crippen molar-refractivity contribution in [3.63, 3.8) is 0 Å². The third kappa shape index (κ3) is 33.6. The van der Waals surface area contributed by atoms with Gasteiger partial charge in [0.2, 0.25) is 0 Å². The predicted octanol–water partition coefficient (Wildman–Crippen LogP) is -2.45. The van der Waals surface area contributed by atoms with Crippen molar-refractivity contribution >= 4 is 70.7 Å². The van der Waals surface area contributed by atoms with Crippen molar-refractivity contribution in [1.82, 2.24) is 0 Å². The standard InChI is InChI=1S/Hg.4HI.2Na/h;4*1H;;/q+2;;;;;2*+1/p-4. The second-order valence-electron chi connectivity index (χ2n) is 0.606. The van der Waals surface area contributed by atoms with Gasteiger partial charge in [-0.05, 0) is 0 Å². The fraction of sp³-hybridized carbons (Fsp3) is 0. The first-order chi connectivity index (χ1) is 2.00. The molecule has 0 aromatic carbocycles. The molecule has 0 amide bonds. The third-order valence-corrected chi connectivity index (χ3v) is 0. The van der Waals surface area contributed by atoms with Crippen molar-refractivity contribution in [1.29, 1.82) is 0 Å². The van der Waals surface area contributed by atoms with Crippen LogP contribution in [0.5, 0.6) is 0 Å². The summed E-state index contributed by atoms with van der Waals surface area (Å²) < 4.78 is -1.51. The molecule has 7 heteroatoms. The Morgan fingerprint density at radius 1 is 0.714 bits per heavy atom. The molecule has 0 radical (unpaired) electrons. The van der Waals surface area contributed by atoms with Crippen LogP contribution in [-0.2, 0) is 4.17 Å². The van der Waals surface area contributed by atoms with Crippen molar-refractivity contribution in [3.8, 4) is 0 Å². The molecule has 0 saturated heterocycles. The molecule has 0 heterocycles. The zero-order valence-corrected chi connectivity index (χ0v) is 22.3. The number of hydrogen-bond acceptors (Lipinski definition) is 0. The fourth-order valence-electron chi connectivity index (χ4n) is 0. The van der Waals surface area contributed by atoms with Crippen LogP contribution in [0.15, 0.2) is 0 Å². The van der Waals surface area contributed by atoms with Gasteiger partial charge in [0.25, 0.3) is 0 Å². The Kier molecular flexibility index (Phi) is 26.4. The molecule has 7 heavy (non-hydrogen) atoms. The van der Waals surface area contributed by atoms with Gasteiger partial charge in [-0.3, -0.25) is 0 Å². The van der Waals surface area contributed by atoms with Crippen LogP contribution >= 0.6 is 70.7 Å². The zero-order chi connectivity index (χ0) is 4.50. The Bertz CT molecular complexity index is 25.2. The molecule has 0 aliphatic carbocycles. The second kappa shape index (κ2) is 9.94. The Labute approximate surface area is 129 Å². The second-order valence-corrected chi connectivity index (χ2v) is 239. The van der Waals surface area contributed by atoms with E-state index in [0.29, 0.717) is 0 Å². The molecule has 0 aromatic heterocycles. The van der Waals surface area contributed by atoms with E-state index < -0.39 is 4.17 Å². The summed E-state index contributed by atoms with van der Waals surface area (Å²) in [6.45, 7) is 0. The minimum Gasteiger partial charge on any atom is 1.00 e. The fourth-order valence-corrected chi connectivity index (χ4v) is 0. The summed E-state index contributed by atoms with van der Waals surface area (Å²) in [7, 11) is 0. The van der Waals surface area contributed by atoms with Crippen molar-refractivity contribution in [2.45, 2.75) is 0 Å². The third-order valence-electron chi connectivity index (χ3n) is 0. The van der Waals surface area contributed by atoms with Gasteiger partial charge in [-0.25, -0.2) is 0 Å². The minimum atomic E-state index is -1.51. The number of hydrogen-bond donors (Lipinski definition) is 0. The Morgan fingerprint density at radius 3 is 0.714 bits per heavy atom. The molecule has 32 valence electrons. The van der Waals surface area contributed by atoms with E-state index in [0.717, 1.165) is 0 Å². The smallest absolute Gasteiger partial charge is 1.00 e. The van der Waals surface area contributed by atoms with E-state index in [1.807, 2.05) is 0 Å². The molecule has 0 unspecified atom stereocenters. The molecule has 0 N–H and O–H groups in total. The SMILES string of the molecule is [I][Hg-2]([I])([I])[I].[Na+].[Na+]. The van der Waals surface area contributed by atoms with E-state index in [4.69, 9.17) is 0 Å². The van der Waals surface area contributed by atoms with Crippen LogP contribution in [0.4, 0.5) is 0 Å². The molecule has 0 aliphatic heterocycles. The van der Waals surface area contributed by atoms with Crippen molar-refractivity contribution in [2.24, 2.45) is 0 Å². The van der Waals surface area contributed by atoms with Gasteiger partial charge in [0, 0.05) is 0 Å². The van der Waals surface area contributed by atoms with E-state index in [2.05, 4.69) is 70.7 Å². The van der Waals surface area contributed by atoms with Crippen LogP contribution in [0.2, 0.25) is 0 Å². The monoisotopic (exact) mass is 756 g/mol. The van der Waals surface area contributed by atoms with Gasteiger partial charge in [0.05, 0.1) is 0 Å². The van der Waals surface area contributed by atoms with Crippen LogP contribution in [0.3, 0.4) is 0 Å². The molecule has 0 fully saturated rings. The summed E-state index contributed by atoms with van der Waals surface area (Å²) in [5.74, 6) is 0. The maximum Gasteiger partial charge on any atom is 1.00 e. The minimum absolute atomic E-state index is 0. The van der Waals surface area contributed by atoms with Crippen LogP contribution < -0.4 is 59.1 Å². The van der Waals surface area contributed by atoms with Crippen LogP contribution in [0.1, 0.15) is 0 Å². The summed E-state index contributed by atoms with van der Waals surface area (Å²) >= 11 is 10.3. The van der Waals surface area contributed by atoms with Gasteiger partial charge >= 0.3 is 134 Å². The molecule has 0 saturated carbocycles. The Hall–Kier alpha value is 5.86. The van der Waals surface area contributed by atoms with E-state index >= 15 is 0 Å². The average molecular weight is 754 g/mol. The molecule has 0 spiro atoms. The van der Waals surface area contributed by atoms with E-state index in [-0.39, 0.29) is 59.1 Å².